The molecule has 0 bridgehead atoms. The maximum Gasteiger partial charge on any atom is 0.255 e. The first-order chi connectivity index (χ1) is 14.6. The van der Waals surface area contributed by atoms with Gasteiger partial charge in [0.15, 0.2) is 0 Å². The van der Waals surface area contributed by atoms with E-state index in [1.807, 2.05) is 6.92 Å². The molecule has 7 nitrogen and oxygen atoms in total. The van der Waals surface area contributed by atoms with Crippen molar-refractivity contribution in [3.05, 3.63) is 41.6 Å². The van der Waals surface area contributed by atoms with Gasteiger partial charge in [0.2, 0.25) is 0 Å². The first-order valence-electron chi connectivity index (χ1n) is 10.4. The van der Waals surface area contributed by atoms with Gasteiger partial charge in [0, 0.05) is 23.8 Å². The zero-order valence-corrected chi connectivity index (χ0v) is 16.8. The van der Waals surface area contributed by atoms with Gasteiger partial charge in [-0.3, -0.25) is 4.79 Å². The molecule has 0 spiro atoms. The fourth-order valence-corrected chi connectivity index (χ4v) is 3.94. The van der Waals surface area contributed by atoms with Crippen molar-refractivity contribution < 1.29 is 13.9 Å². The molecule has 1 saturated heterocycles. The van der Waals surface area contributed by atoms with Gasteiger partial charge < -0.3 is 20.4 Å². The van der Waals surface area contributed by atoms with Gasteiger partial charge in [-0.25, -0.2) is 14.4 Å². The second-order valence-corrected chi connectivity index (χ2v) is 8.13. The van der Waals surface area contributed by atoms with Gasteiger partial charge in [0.05, 0.1) is 17.7 Å². The van der Waals surface area contributed by atoms with E-state index >= 15 is 0 Å². The van der Waals surface area contributed by atoms with Crippen molar-refractivity contribution >= 4 is 16.9 Å². The summed E-state index contributed by atoms with van der Waals surface area (Å²) in [5.74, 6) is 0.618. The molecule has 8 heteroatoms. The highest BCUT2D eigenvalue weighted by atomic mass is 19.1. The molecular weight excluding hydrogens is 385 g/mol. The predicted molar refractivity (Wildman–Crippen MR) is 111 cm³/mol. The highest BCUT2D eigenvalue weighted by Crippen LogP contribution is 2.36. The Morgan fingerprint density at radius 2 is 2.17 bits per heavy atom. The number of fused-ring (bicyclic) bond motifs is 1. The Labute approximate surface area is 173 Å². The van der Waals surface area contributed by atoms with Crippen LogP contribution in [0.4, 0.5) is 4.39 Å². The van der Waals surface area contributed by atoms with Crippen LogP contribution in [0.3, 0.4) is 0 Å². The standard InChI is InChI=1S/C22H24FN5O2/c1-12-18(22(29)28-15-6-7-24-9-15)20-21(27-12)19(25-11-26-20)16-8-14(23)4-5-17(16)30-10-13-2-3-13/h4-5,8,11,13,15,24,27H,2-3,6-7,9-10H2,1H3,(H,28,29)/t15-/m1/s1. The fraction of sp³-hybridized carbons (Fsp3) is 0.409. The Kier molecular flexibility index (Phi) is 4.86. The van der Waals surface area contributed by atoms with E-state index in [1.54, 1.807) is 6.07 Å². The number of hydrogen-bond donors (Lipinski definition) is 3. The Bertz CT molecular complexity index is 1100. The van der Waals surface area contributed by atoms with Crippen LogP contribution < -0.4 is 15.4 Å². The summed E-state index contributed by atoms with van der Waals surface area (Å²) < 4.78 is 20.1. The highest BCUT2D eigenvalue weighted by Gasteiger charge is 2.26. The molecule has 3 N–H and O–H groups in total. The van der Waals surface area contributed by atoms with Crippen molar-refractivity contribution in [2.75, 3.05) is 19.7 Å². The Morgan fingerprint density at radius 1 is 1.30 bits per heavy atom. The second-order valence-electron chi connectivity index (χ2n) is 8.13. The van der Waals surface area contributed by atoms with Gasteiger partial charge in [-0.05, 0) is 56.8 Å². The number of ether oxygens (including phenoxy) is 1. The number of hydrogen-bond acceptors (Lipinski definition) is 5. The van der Waals surface area contributed by atoms with Crippen molar-refractivity contribution in [3.63, 3.8) is 0 Å². The molecule has 3 aromatic rings. The molecule has 1 saturated carbocycles. The van der Waals surface area contributed by atoms with Gasteiger partial charge in [-0.2, -0.15) is 0 Å². The van der Waals surface area contributed by atoms with Gasteiger partial charge in [-0.1, -0.05) is 0 Å². The number of halogens is 1. The van der Waals surface area contributed by atoms with Gasteiger partial charge in [0.25, 0.3) is 5.91 Å². The molecule has 1 amide bonds. The Morgan fingerprint density at radius 3 is 2.93 bits per heavy atom. The van der Waals surface area contributed by atoms with Crippen LogP contribution in [0.25, 0.3) is 22.3 Å². The number of benzene rings is 1. The fourth-order valence-electron chi connectivity index (χ4n) is 3.94. The topological polar surface area (TPSA) is 91.9 Å². The van der Waals surface area contributed by atoms with Crippen LogP contribution in [0.2, 0.25) is 0 Å². The average molecular weight is 409 g/mol. The molecule has 5 rings (SSSR count). The van der Waals surface area contributed by atoms with Crippen LogP contribution in [-0.2, 0) is 0 Å². The second kappa shape index (κ2) is 7.68. The average Bonchev–Trinajstić information content (AvgIpc) is 3.29. The quantitative estimate of drug-likeness (QED) is 0.582. The third-order valence-corrected chi connectivity index (χ3v) is 5.76. The lowest BCUT2D eigenvalue weighted by atomic mass is 10.1. The molecule has 2 aliphatic rings. The Balaban J connectivity index is 1.54. The number of aromatic amines is 1. The number of nitrogens with one attached hydrogen (secondary N) is 3. The lowest BCUT2D eigenvalue weighted by Crippen LogP contribution is -2.36. The van der Waals surface area contributed by atoms with E-state index in [0.29, 0.717) is 51.8 Å². The minimum Gasteiger partial charge on any atom is -0.493 e. The normalized spacial score (nSPS) is 18.7. The van der Waals surface area contributed by atoms with E-state index in [1.165, 1.54) is 31.3 Å². The smallest absolute Gasteiger partial charge is 0.255 e. The summed E-state index contributed by atoms with van der Waals surface area (Å²) >= 11 is 0. The van der Waals surface area contributed by atoms with E-state index in [0.717, 1.165) is 19.5 Å². The molecule has 1 aliphatic heterocycles. The van der Waals surface area contributed by atoms with E-state index < -0.39 is 0 Å². The number of aryl methyl sites for hydroxylation is 1. The molecular formula is C22H24FN5O2. The maximum atomic E-state index is 14.1. The van der Waals surface area contributed by atoms with Crippen LogP contribution in [-0.4, -0.2) is 46.6 Å². The van der Waals surface area contributed by atoms with Crippen molar-refractivity contribution in [1.82, 2.24) is 25.6 Å². The SMILES string of the molecule is Cc1[nH]c2c(-c3cc(F)ccc3OCC3CC3)ncnc2c1C(=O)N[C@@H]1CCNC1. The summed E-state index contributed by atoms with van der Waals surface area (Å²) in [7, 11) is 0. The minimum atomic E-state index is -0.370. The molecule has 2 fully saturated rings. The molecule has 0 radical (unpaired) electrons. The zero-order chi connectivity index (χ0) is 20.7. The first kappa shape index (κ1) is 19.0. The summed E-state index contributed by atoms with van der Waals surface area (Å²) in [5, 5.41) is 6.31. The molecule has 1 aliphatic carbocycles. The number of amides is 1. The van der Waals surface area contributed by atoms with Crippen molar-refractivity contribution in [2.45, 2.75) is 32.2 Å². The highest BCUT2D eigenvalue weighted by molar-refractivity contribution is 6.09. The van der Waals surface area contributed by atoms with Crippen molar-refractivity contribution in [3.8, 4) is 17.0 Å². The van der Waals surface area contributed by atoms with Crippen LogP contribution in [0.15, 0.2) is 24.5 Å². The van der Waals surface area contributed by atoms with E-state index in [9.17, 15) is 9.18 Å². The van der Waals surface area contributed by atoms with Gasteiger partial charge in [-0.15, -0.1) is 0 Å². The lowest BCUT2D eigenvalue weighted by molar-refractivity contribution is 0.0941. The van der Waals surface area contributed by atoms with E-state index in [4.69, 9.17) is 4.74 Å². The molecule has 1 atom stereocenters. The van der Waals surface area contributed by atoms with Gasteiger partial charge in [0.1, 0.15) is 29.1 Å². The number of carbonyl (C=O) groups is 1. The number of nitrogens with zero attached hydrogens (tertiary/aromatic N) is 2. The molecule has 3 heterocycles. The van der Waals surface area contributed by atoms with Gasteiger partial charge >= 0.3 is 0 Å². The summed E-state index contributed by atoms with van der Waals surface area (Å²) in [6.07, 6.45) is 4.64. The Hall–Kier alpha value is -3.00. The first-order valence-corrected chi connectivity index (χ1v) is 10.4. The van der Waals surface area contributed by atoms with E-state index in [-0.39, 0.29) is 17.8 Å². The summed E-state index contributed by atoms with van der Waals surface area (Å²) in [6.45, 7) is 4.11. The lowest BCUT2D eigenvalue weighted by Gasteiger charge is -2.12. The van der Waals surface area contributed by atoms with Crippen LogP contribution in [0.5, 0.6) is 5.75 Å². The summed E-state index contributed by atoms with van der Waals surface area (Å²) in [5.41, 5.74) is 3.40. The zero-order valence-electron chi connectivity index (χ0n) is 16.8. The van der Waals surface area contributed by atoms with Crippen LogP contribution >= 0.6 is 0 Å². The maximum absolute atomic E-state index is 14.1. The van der Waals surface area contributed by atoms with E-state index in [2.05, 4.69) is 25.6 Å². The minimum absolute atomic E-state index is 0.105. The summed E-state index contributed by atoms with van der Waals surface area (Å²) in [4.78, 5) is 25.0. The number of aromatic nitrogens is 3. The number of rotatable bonds is 6. The number of carbonyl (C=O) groups excluding carboxylic acids is 1. The molecule has 30 heavy (non-hydrogen) atoms. The third kappa shape index (κ3) is 3.63. The number of H-pyrrole nitrogens is 1. The van der Waals surface area contributed by atoms with Crippen LogP contribution in [0, 0.1) is 18.7 Å². The molecule has 156 valence electrons. The third-order valence-electron chi connectivity index (χ3n) is 5.76. The van der Waals surface area contributed by atoms with Crippen molar-refractivity contribution in [1.29, 1.82) is 0 Å². The van der Waals surface area contributed by atoms with Crippen molar-refractivity contribution in [2.24, 2.45) is 5.92 Å². The molecule has 0 unspecified atom stereocenters. The molecule has 1 aromatic carbocycles. The van der Waals surface area contributed by atoms with Crippen LogP contribution in [0.1, 0.15) is 35.3 Å². The monoisotopic (exact) mass is 409 g/mol. The predicted octanol–water partition coefficient (Wildman–Crippen LogP) is 2.95. The summed E-state index contributed by atoms with van der Waals surface area (Å²) in [6, 6.07) is 4.55. The largest absolute Gasteiger partial charge is 0.493 e. The molecule has 2 aromatic heterocycles.